The number of cyclic esters (lactones) is 1. The zero-order valence-corrected chi connectivity index (χ0v) is 7.17. The van der Waals surface area contributed by atoms with Crippen molar-refractivity contribution in [2.75, 3.05) is 6.61 Å². The van der Waals surface area contributed by atoms with Gasteiger partial charge in [0.25, 0.3) is 0 Å². The van der Waals surface area contributed by atoms with Gasteiger partial charge in [-0.15, -0.1) is 0 Å². The average Bonchev–Trinajstić information content (AvgIpc) is 2.43. The van der Waals surface area contributed by atoms with Crippen molar-refractivity contribution in [3.63, 3.8) is 0 Å². The lowest BCUT2D eigenvalue weighted by Gasteiger charge is -2.26. The van der Waals surface area contributed by atoms with Gasteiger partial charge in [0.2, 0.25) is 0 Å². The molecule has 4 nitrogen and oxygen atoms in total. The third kappa shape index (κ3) is 1.08. The molecule has 0 radical (unpaired) electrons. The molecule has 1 heterocycles. The van der Waals surface area contributed by atoms with Gasteiger partial charge in [0.1, 0.15) is 11.2 Å². The van der Waals surface area contributed by atoms with Crippen molar-refractivity contribution < 1.29 is 19.1 Å². The van der Waals surface area contributed by atoms with Gasteiger partial charge in [0.05, 0.1) is 13.0 Å². The predicted octanol–water partition coefficient (Wildman–Crippen LogP) is 0.242. The molecule has 2 fully saturated rings. The summed E-state index contributed by atoms with van der Waals surface area (Å²) >= 11 is 0. The quantitative estimate of drug-likeness (QED) is 0.397. The summed E-state index contributed by atoms with van der Waals surface area (Å²) in [6.07, 6.45) is 1.05. The number of carbonyl (C=O) groups excluding carboxylic acids is 3. The summed E-state index contributed by atoms with van der Waals surface area (Å²) in [6, 6.07) is 0. The molecule has 0 aromatic carbocycles. The third-order valence-corrected chi connectivity index (χ3v) is 2.87. The molecule has 1 aliphatic heterocycles. The number of ketones is 2. The largest absolute Gasteiger partial charge is 0.465 e. The molecule has 1 saturated carbocycles. The topological polar surface area (TPSA) is 60.4 Å². The minimum atomic E-state index is -0.950. The third-order valence-electron chi connectivity index (χ3n) is 2.87. The Morgan fingerprint density at radius 1 is 1.15 bits per heavy atom. The van der Waals surface area contributed by atoms with Gasteiger partial charge in [-0.1, -0.05) is 0 Å². The summed E-state index contributed by atoms with van der Waals surface area (Å²) in [6.45, 7) is 0.318. The second-order valence-corrected chi connectivity index (χ2v) is 3.61. The van der Waals surface area contributed by atoms with Gasteiger partial charge < -0.3 is 4.74 Å². The van der Waals surface area contributed by atoms with Crippen LogP contribution in [0, 0.1) is 5.41 Å². The Kier molecular flexibility index (Phi) is 1.71. The Morgan fingerprint density at radius 3 is 2.46 bits per heavy atom. The highest BCUT2D eigenvalue weighted by molar-refractivity contribution is 6.13. The van der Waals surface area contributed by atoms with Crippen LogP contribution in [0.15, 0.2) is 0 Å². The first-order valence-electron chi connectivity index (χ1n) is 4.37. The first kappa shape index (κ1) is 8.41. The van der Waals surface area contributed by atoms with E-state index in [9.17, 15) is 14.4 Å². The molecule has 0 N–H and O–H groups in total. The number of ether oxygens (including phenoxy) is 1. The zero-order valence-electron chi connectivity index (χ0n) is 7.17. The molecule has 70 valence electrons. The Hall–Kier alpha value is -1.19. The van der Waals surface area contributed by atoms with Crippen LogP contribution in [-0.4, -0.2) is 24.1 Å². The lowest BCUT2D eigenvalue weighted by Crippen LogP contribution is -2.40. The fourth-order valence-corrected chi connectivity index (χ4v) is 1.97. The lowest BCUT2D eigenvalue weighted by molar-refractivity contribution is -0.154. The van der Waals surface area contributed by atoms with Crippen LogP contribution in [-0.2, 0) is 19.1 Å². The molecule has 1 unspecified atom stereocenters. The molecule has 1 spiro atoms. The zero-order chi connectivity index (χ0) is 9.47. The summed E-state index contributed by atoms with van der Waals surface area (Å²) in [5.41, 5.74) is -0.950. The number of hydrogen-bond donors (Lipinski definition) is 0. The second kappa shape index (κ2) is 2.65. The van der Waals surface area contributed by atoms with E-state index < -0.39 is 11.4 Å². The monoisotopic (exact) mass is 182 g/mol. The maximum Gasteiger partial charge on any atom is 0.319 e. The Balaban J connectivity index is 2.27. The van der Waals surface area contributed by atoms with Crippen LogP contribution in [0.3, 0.4) is 0 Å². The molecule has 1 atom stereocenters. The Bertz CT molecular complexity index is 294. The lowest BCUT2D eigenvalue weighted by atomic mass is 9.72. The van der Waals surface area contributed by atoms with E-state index in [-0.39, 0.29) is 18.0 Å². The molecule has 2 aliphatic rings. The molecule has 1 aliphatic carbocycles. The molecular weight excluding hydrogens is 172 g/mol. The molecule has 13 heavy (non-hydrogen) atoms. The highest BCUT2D eigenvalue weighted by atomic mass is 16.5. The van der Waals surface area contributed by atoms with E-state index in [1.807, 2.05) is 0 Å². The molecule has 0 bridgehead atoms. The molecule has 4 heteroatoms. The SMILES string of the molecule is O=C1CCC2(CCOC2=O)C(=O)C1. The van der Waals surface area contributed by atoms with Gasteiger partial charge in [-0.05, 0) is 6.42 Å². The van der Waals surface area contributed by atoms with Crippen molar-refractivity contribution >= 4 is 17.5 Å². The molecule has 2 rings (SSSR count). The van der Waals surface area contributed by atoms with E-state index in [0.29, 0.717) is 25.9 Å². The standard InChI is InChI=1S/C9H10O4/c10-6-1-2-9(7(11)5-6)3-4-13-8(9)12/h1-5H2. The smallest absolute Gasteiger partial charge is 0.319 e. The minimum Gasteiger partial charge on any atom is -0.465 e. The average molecular weight is 182 g/mol. The number of rotatable bonds is 0. The van der Waals surface area contributed by atoms with E-state index in [1.165, 1.54) is 0 Å². The van der Waals surface area contributed by atoms with Crippen LogP contribution < -0.4 is 0 Å². The van der Waals surface area contributed by atoms with E-state index in [2.05, 4.69) is 0 Å². The van der Waals surface area contributed by atoms with Crippen molar-refractivity contribution in [3.05, 3.63) is 0 Å². The first-order valence-corrected chi connectivity index (χ1v) is 4.37. The van der Waals surface area contributed by atoms with Crippen molar-refractivity contribution in [1.82, 2.24) is 0 Å². The fourth-order valence-electron chi connectivity index (χ4n) is 1.97. The molecular formula is C9H10O4. The molecule has 0 aromatic rings. The van der Waals surface area contributed by atoms with E-state index >= 15 is 0 Å². The number of esters is 1. The first-order chi connectivity index (χ1) is 6.15. The van der Waals surface area contributed by atoms with Crippen molar-refractivity contribution in [2.24, 2.45) is 5.41 Å². The number of Topliss-reactive ketones (excluding diaryl/α,β-unsaturated/α-hetero) is 2. The van der Waals surface area contributed by atoms with E-state index in [4.69, 9.17) is 4.74 Å². The van der Waals surface area contributed by atoms with Gasteiger partial charge in [-0.2, -0.15) is 0 Å². The highest BCUT2D eigenvalue weighted by Gasteiger charge is 2.52. The highest BCUT2D eigenvalue weighted by Crippen LogP contribution is 2.40. The van der Waals surface area contributed by atoms with Crippen LogP contribution in [0.2, 0.25) is 0 Å². The van der Waals surface area contributed by atoms with Crippen LogP contribution in [0.5, 0.6) is 0 Å². The van der Waals surface area contributed by atoms with Crippen LogP contribution in [0.4, 0.5) is 0 Å². The summed E-state index contributed by atoms with van der Waals surface area (Å²) in [4.78, 5) is 33.8. The summed E-state index contributed by atoms with van der Waals surface area (Å²) in [7, 11) is 0. The normalized spacial score (nSPS) is 34.0. The maximum atomic E-state index is 11.5. The van der Waals surface area contributed by atoms with Gasteiger partial charge in [-0.25, -0.2) is 0 Å². The predicted molar refractivity (Wildman–Crippen MR) is 41.9 cm³/mol. The van der Waals surface area contributed by atoms with Crippen molar-refractivity contribution in [2.45, 2.75) is 25.7 Å². The molecule has 0 amide bonds. The van der Waals surface area contributed by atoms with Crippen LogP contribution in [0.25, 0.3) is 0 Å². The summed E-state index contributed by atoms with van der Waals surface area (Å²) in [5, 5.41) is 0. The molecule has 1 saturated heterocycles. The number of carbonyl (C=O) groups is 3. The van der Waals surface area contributed by atoms with Crippen LogP contribution in [0.1, 0.15) is 25.7 Å². The van der Waals surface area contributed by atoms with Gasteiger partial charge in [-0.3, -0.25) is 14.4 Å². The van der Waals surface area contributed by atoms with Gasteiger partial charge >= 0.3 is 5.97 Å². The Morgan fingerprint density at radius 2 is 1.92 bits per heavy atom. The fraction of sp³-hybridized carbons (Fsp3) is 0.667. The molecule has 0 aromatic heterocycles. The van der Waals surface area contributed by atoms with E-state index in [1.54, 1.807) is 0 Å². The van der Waals surface area contributed by atoms with Crippen molar-refractivity contribution in [1.29, 1.82) is 0 Å². The maximum absolute atomic E-state index is 11.5. The Labute approximate surface area is 75.2 Å². The van der Waals surface area contributed by atoms with E-state index in [0.717, 1.165) is 0 Å². The summed E-state index contributed by atoms with van der Waals surface area (Å²) in [5.74, 6) is -0.730. The summed E-state index contributed by atoms with van der Waals surface area (Å²) < 4.78 is 4.78. The number of hydrogen-bond acceptors (Lipinski definition) is 4. The van der Waals surface area contributed by atoms with Crippen LogP contribution >= 0.6 is 0 Å². The van der Waals surface area contributed by atoms with Gasteiger partial charge in [0, 0.05) is 12.8 Å². The minimum absolute atomic E-state index is 0.0599. The van der Waals surface area contributed by atoms with Crippen molar-refractivity contribution in [3.8, 4) is 0 Å². The second-order valence-electron chi connectivity index (χ2n) is 3.61. The van der Waals surface area contributed by atoms with Gasteiger partial charge in [0.15, 0.2) is 5.78 Å².